The monoisotopic (exact) mass is 275 g/mol. The second kappa shape index (κ2) is 5.40. The predicted molar refractivity (Wildman–Crippen MR) is 78.1 cm³/mol. The van der Waals surface area contributed by atoms with Crippen molar-refractivity contribution in [1.82, 2.24) is 4.98 Å². The minimum Gasteiger partial charge on any atom is -0.486 e. The van der Waals surface area contributed by atoms with Crippen LogP contribution in [0.4, 0.5) is 0 Å². The fourth-order valence-corrected chi connectivity index (χ4v) is 2.62. The number of hydrogen-bond acceptors (Lipinski definition) is 4. The molecule has 3 N–H and O–H groups in total. The van der Waals surface area contributed by atoms with Gasteiger partial charge in [-0.25, -0.2) is 4.98 Å². The molecule has 0 saturated heterocycles. The second-order valence-electron chi connectivity index (χ2n) is 4.42. The number of aromatic nitrogens is 1. The van der Waals surface area contributed by atoms with Crippen molar-refractivity contribution >= 4 is 17.2 Å². The van der Waals surface area contributed by atoms with Crippen molar-refractivity contribution in [3.05, 3.63) is 44.9 Å². The first-order chi connectivity index (χ1) is 8.99. The average molecular weight is 275 g/mol. The van der Waals surface area contributed by atoms with Crippen LogP contribution in [-0.4, -0.2) is 10.8 Å². The van der Waals surface area contributed by atoms with Crippen LogP contribution in [0, 0.1) is 26.2 Å². The maximum absolute atomic E-state index is 7.46. The van der Waals surface area contributed by atoms with E-state index >= 15 is 0 Å². The fraction of sp³-hybridized carbons (Fsp3) is 0.286. The highest BCUT2D eigenvalue weighted by atomic mass is 32.1. The van der Waals surface area contributed by atoms with E-state index in [-0.39, 0.29) is 5.84 Å². The van der Waals surface area contributed by atoms with Crippen molar-refractivity contribution < 1.29 is 4.74 Å². The van der Waals surface area contributed by atoms with Gasteiger partial charge in [0.1, 0.15) is 23.2 Å². The molecule has 1 heterocycles. The van der Waals surface area contributed by atoms with Gasteiger partial charge in [-0.1, -0.05) is 12.1 Å². The van der Waals surface area contributed by atoms with Crippen LogP contribution < -0.4 is 10.5 Å². The molecule has 0 unspecified atom stereocenters. The molecule has 0 atom stereocenters. The average Bonchev–Trinajstić information content (AvgIpc) is 2.73. The van der Waals surface area contributed by atoms with Crippen molar-refractivity contribution in [3.63, 3.8) is 0 Å². The topological polar surface area (TPSA) is 72.0 Å². The highest BCUT2D eigenvalue weighted by Gasteiger charge is 2.11. The number of nitrogens with one attached hydrogen (secondary N) is 1. The number of nitrogen functional groups attached to an aromatic ring is 1. The number of thiazole rings is 1. The number of nitrogens with zero attached hydrogens (tertiary/aromatic N) is 1. The van der Waals surface area contributed by atoms with E-state index < -0.39 is 0 Å². The summed E-state index contributed by atoms with van der Waals surface area (Å²) in [4.78, 5) is 5.09. The van der Waals surface area contributed by atoms with Crippen molar-refractivity contribution in [2.75, 3.05) is 0 Å². The third-order valence-electron chi connectivity index (χ3n) is 2.99. The van der Waals surface area contributed by atoms with Crippen LogP contribution in [0.25, 0.3) is 0 Å². The van der Waals surface area contributed by atoms with E-state index in [1.54, 1.807) is 0 Å². The molecule has 5 heteroatoms. The minimum atomic E-state index is 0.0630. The van der Waals surface area contributed by atoms with Crippen molar-refractivity contribution in [1.29, 1.82) is 5.41 Å². The molecule has 2 aromatic rings. The van der Waals surface area contributed by atoms with Gasteiger partial charge in [0, 0.05) is 0 Å². The lowest BCUT2D eigenvalue weighted by atomic mass is 10.1. The zero-order valence-electron chi connectivity index (χ0n) is 11.3. The summed E-state index contributed by atoms with van der Waals surface area (Å²) in [6.07, 6.45) is 0. The Balaban J connectivity index is 2.13. The smallest absolute Gasteiger partial charge is 0.140 e. The molecule has 19 heavy (non-hydrogen) atoms. The highest BCUT2D eigenvalue weighted by molar-refractivity contribution is 7.13. The molecule has 0 fully saturated rings. The van der Waals surface area contributed by atoms with Crippen LogP contribution in [-0.2, 0) is 6.61 Å². The summed E-state index contributed by atoms with van der Waals surface area (Å²) in [7, 11) is 0. The zero-order valence-corrected chi connectivity index (χ0v) is 12.1. The first kappa shape index (κ1) is 13.5. The molecule has 4 nitrogen and oxygen atoms in total. The van der Waals surface area contributed by atoms with Crippen molar-refractivity contribution in [2.24, 2.45) is 5.73 Å². The van der Waals surface area contributed by atoms with E-state index in [1.807, 2.05) is 26.0 Å². The lowest BCUT2D eigenvalue weighted by molar-refractivity contribution is 0.303. The molecule has 0 aliphatic carbocycles. The number of aryl methyl sites for hydroxylation is 2. The van der Waals surface area contributed by atoms with Crippen molar-refractivity contribution in [2.45, 2.75) is 27.4 Å². The minimum absolute atomic E-state index is 0.0630. The Morgan fingerprint density at radius 2 is 2.11 bits per heavy atom. The Labute approximate surface area is 116 Å². The van der Waals surface area contributed by atoms with E-state index in [9.17, 15) is 0 Å². The van der Waals surface area contributed by atoms with Gasteiger partial charge in [-0.05, 0) is 38.0 Å². The van der Waals surface area contributed by atoms with Gasteiger partial charge in [0.25, 0.3) is 0 Å². The molecule has 0 spiro atoms. The number of amidine groups is 1. The summed E-state index contributed by atoms with van der Waals surface area (Å²) in [6.45, 7) is 6.36. The molecule has 0 bridgehead atoms. The predicted octanol–water partition coefficient (Wildman–Crippen LogP) is 2.93. The maximum Gasteiger partial charge on any atom is 0.140 e. The summed E-state index contributed by atoms with van der Waals surface area (Å²) in [5, 5.41) is 8.29. The number of rotatable bonds is 4. The first-order valence-corrected chi connectivity index (χ1v) is 6.80. The summed E-state index contributed by atoms with van der Waals surface area (Å²) in [5.41, 5.74) is 8.63. The Hall–Kier alpha value is -1.88. The van der Waals surface area contributed by atoms with Gasteiger partial charge < -0.3 is 10.5 Å². The molecule has 2 rings (SSSR count). The van der Waals surface area contributed by atoms with Crippen LogP contribution in [0.1, 0.15) is 26.7 Å². The largest absolute Gasteiger partial charge is 0.486 e. The molecule has 0 aliphatic heterocycles. The number of hydrogen-bond donors (Lipinski definition) is 2. The molecule has 0 amide bonds. The molecule has 0 radical (unpaired) electrons. The Kier molecular flexibility index (Phi) is 3.85. The van der Waals surface area contributed by atoms with Crippen LogP contribution in [0.2, 0.25) is 0 Å². The van der Waals surface area contributed by atoms with Crippen LogP contribution in [0.5, 0.6) is 5.75 Å². The van der Waals surface area contributed by atoms with E-state index in [0.717, 1.165) is 26.9 Å². The van der Waals surface area contributed by atoms with Gasteiger partial charge in [-0.2, -0.15) is 0 Å². The normalized spacial score (nSPS) is 10.5. The lowest BCUT2D eigenvalue weighted by Gasteiger charge is -2.09. The van der Waals surface area contributed by atoms with Gasteiger partial charge >= 0.3 is 0 Å². The van der Waals surface area contributed by atoms with Gasteiger partial charge in [-0.15, -0.1) is 11.3 Å². The standard InChI is InChI=1S/C14H17N3OS/c1-8-5-4-6-11(9(8)2)18-7-12-17-10(3)13(19-12)14(15)16/h4-6H,7H2,1-3H3,(H3,15,16). The fourth-order valence-electron chi connectivity index (χ4n) is 1.78. The molecule has 1 aromatic heterocycles. The van der Waals surface area contributed by atoms with E-state index in [0.29, 0.717) is 6.61 Å². The van der Waals surface area contributed by atoms with Crippen LogP contribution in [0.15, 0.2) is 18.2 Å². The number of nitrogens with two attached hydrogens (primary N) is 1. The Morgan fingerprint density at radius 3 is 2.74 bits per heavy atom. The molecule has 0 aliphatic rings. The van der Waals surface area contributed by atoms with Crippen molar-refractivity contribution in [3.8, 4) is 5.75 Å². The summed E-state index contributed by atoms with van der Waals surface area (Å²) < 4.78 is 5.79. The molecule has 0 saturated carbocycles. The third-order valence-corrected chi connectivity index (χ3v) is 4.16. The zero-order chi connectivity index (χ0) is 14.0. The summed E-state index contributed by atoms with van der Waals surface area (Å²) >= 11 is 1.41. The summed E-state index contributed by atoms with van der Waals surface area (Å²) in [6, 6.07) is 5.99. The lowest BCUT2D eigenvalue weighted by Crippen LogP contribution is -2.10. The maximum atomic E-state index is 7.46. The molecular weight excluding hydrogens is 258 g/mol. The van der Waals surface area contributed by atoms with Crippen LogP contribution >= 0.6 is 11.3 Å². The van der Waals surface area contributed by atoms with E-state index in [4.69, 9.17) is 15.9 Å². The number of benzene rings is 1. The van der Waals surface area contributed by atoms with Gasteiger partial charge in [0.15, 0.2) is 0 Å². The van der Waals surface area contributed by atoms with Crippen LogP contribution in [0.3, 0.4) is 0 Å². The Morgan fingerprint density at radius 1 is 1.37 bits per heavy atom. The van der Waals surface area contributed by atoms with E-state index in [1.165, 1.54) is 16.9 Å². The first-order valence-electron chi connectivity index (χ1n) is 5.98. The second-order valence-corrected chi connectivity index (χ2v) is 5.51. The van der Waals surface area contributed by atoms with Gasteiger partial charge in [-0.3, -0.25) is 5.41 Å². The molecular formula is C14H17N3OS. The highest BCUT2D eigenvalue weighted by Crippen LogP contribution is 2.23. The molecule has 100 valence electrons. The van der Waals surface area contributed by atoms with Gasteiger partial charge in [0.2, 0.25) is 0 Å². The number of ether oxygens (including phenoxy) is 1. The third kappa shape index (κ3) is 2.93. The SMILES string of the molecule is Cc1cccc(OCc2nc(C)c(C(=N)N)s2)c1C. The van der Waals surface area contributed by atoms with Gasteiger partial charge in [0.05, 0.1) is 10.6 Å². The molecule has 1 aromatic carbocycles. The quantitative estimate of drug-likeness (QED) is 0.665. The van der Waals surface area contributed by atoms with E-state index in [2.05, 4.69) is 18.0 Å². The Bertz CT molecular complexity index is 619. The summed E-state index contributed by atoms with van der Waals surface area (Å²) in [5.74, 6) is 0.935.